The molecule has 0 aliphatic carbocycles. The molecule has 9 nitrogen and oxygen atoms in total. The van der Waals surface area contributed by atoms with E-state index < -0.39 is 11.9 Å². The van der Waals surface area contributed by atoms with E-state index in [4.69, 9.17) is 5.11 Å². The van der Waals surface area contributed by atoms with Gasteiger partial charge in [0.1, 0.15) is 19.2 Å². The molecular weight excluding hydrogens is 240 g/mol. The zero-order valence-electron chi connectivity index (χ0n) is 9.02. The highest BCUT2D eigenvalue weighted by atomic mass is 16.4. The standard InChI is InChI=1S/C9H8N6O3/c16-6(3-15-5-10-4-13-15)14-8-7(9(17)18)11-1-2-12-8/h1-2,4-5H,3H2,(H,17,18)(H,12,14,16). The molecule has 18 heavy (non-hydrogen) atoms. The van der Waals surface area contributed by atoms with Crippen LogP contribution in [0.15, 0.2) is 25.0 Å². The summed E-state index contributed by atoms with van der Waals surface area (Å²) in [6.07, 6.45) is 5.18. The van der Waals surface area contributed by atoms with Gasteiger partial charge in [-0.3, -0.25) is 4.79 Å². The van der Waals surface area contributed by atoms with Crippen molar-refractivity contribution in [2.45, 2.75) is 6.54 Å². The lowest BCUT2D eigenvalue weighted by Gasteiger charge is -2.05. The van der Waals surface area contributed by atoms with Crippen LogP contribution >= 0.6 is 0 Å². The third-order valence-corrected chi connectivity index (χ3v) is 1.93. The largest absolute Gasteiger partial charge is 0.476 e. The van der Waals surface area contributed by atoms with Crippen LogP contribution in [0.2, 0.25) is 0 Å². The van der Waals surface area contributed by atoms with Crippen molar-refractivity contribution in [1.29, 1.82) is 0 Å². The van der Waals surface area contributed by atoms with Gasteiger partial charge in [0.05, 0.1) is 0 Å². The first-order chi connectivity index (χ1) is 8.66. The predicted octanol–water partition coefficient (Wildman–Crippen LogP) is -0.595. The zero-order valence-corrected chi connectivity index (χ0v) is 9.02. The van der Waals surface area contributed by atoms with Gasteiger partial charge in [-0.15, -0.1) is 0 Å². The first kappa shape index (κ1) is 11.6. The number of hydrogen-bond donors (Lipinski definition) is 2. The van der Waals surface area contributed by atoms with Crippen molar-refractivity contribution in [1.82, 2.24) is 24.7 Å². The number of carboxylic acid groups (broad SMARTS) is 1. The average molecular weight is 248 g/mol. The second kappa shape index (κ2) is 4.99. The van der Waals surface area contributed by atoms with Crippen molar-refractivity contribution in [2.24, 2.45) is 0 Å². The Kier molecular flexibility index (Phi) is 3.23. The number of carboxylic acids is 1. The summed E-state index contributed by atoms with van der Waals surface area (Å²) < 4.78 is 1.30. The van der Waals surface area contributed by atoms with Gasteiger partial charge in [0.25, 0.3) is 0 Å². The number of carbonyl (C=O) groups excluding carboxylic acids is 1. The molecule has 0 bridgehead atoms. The maximum Gasteiger partial charge on any atom is 0.358 e. The molecule has 2 heterocycles. The summed E-state index contributed by atoms with van der Waals surface area (Å²) in [6.45, 7) is -0.0877. The van der Waals surface area contributed by atoms with E-state index in [-0.39, 0.29) is 18.1 Å². The van der Waals surface area contributed by atoms with Gasteiger partial charge in [0.15, 0.2) is 11.5 Å². The highest BCUT2D eigenvalue weighted by Crippen LogP contribution is 2.07. The molecule has 0 aromatic carbocycles. The van der Waals surface area contributed by atoms with Crippen molar-refractivity contribution >= 4 is 17.7 Å². The third-order valence-electron chi connectivity index (χ3n) is 1.93. The van der Waals surface area contributed by atoms with Crippen LogP contribution in [0.5, 0.6) is 0 Å². The van der Waals surface area contributed by atoms with Crippen LogP contribution in [-0.4, -0.2) is 41.7 Å². The van der Waals surface area contributed by atoms with E-state index in [1.54, 1.807) is 0 Å². The summed E-state index contributed by atoms with van der Waals surface area (Å²) in [7, 11) is 0. The number of nitrogens with zero attached hydrogens (tertiary/aromatic N) is 5. The number of hydrogen-bond acceptors (Lipinski definition) is 6. The number of carbonyl (C=O) groups is 2. The van der Waals surface area contributed by atoms with Crippen LogP contribution in [0, 0.1) is 0 Å². The molecule has 9 heteroatoms. The Morgan fingerprint density at radius 3 is 2.78 bits per heavy atom. The lowest BCUT2D eigenvalue weighted by Crippen LogP contribution is -2.21. The minimum Gasteiger partial charge on any atom is -0.476 e. The van der Waals surface area contributed by atoms with Crippen LogP contribution in [-0.2, 0) is 11.3 Å². The molecule has 0 saturated heterocycles. The summed E-state index contributed by atoms with van der Waals surface area (Å²) in [5.74, 6) is -1.84. The smallest absolute Gasteiger partial charge is 0.358 e. The molecule has 0 spiro atoms. The van der Waals surface area contributed by atoms with Crippen LogP contribution in [0.25, 0.3) is 0 Å². The van der Waals surface area contributed by atoms with Gasteiger partial charge in [-0.1, -0.05) is 0 Å². The molecule has 0 unspecified atom stereocenters. The first-order valence-electron chi connectivity index (χ1n) is 4.83. The molecule has 0 radical (unpaired) electrons. The van der Waals surface area contributed by atoms with Crippen LogP contribution in [0.3, 0.4) is 0 Å². The molecule has 1 amide bonds. The molecular formula is C9H8N6O3. The molecule has 92 valence electrons. The molecule has 0 aliphatic rings. The van der Waals surface area contributed by atoms with E-state index in [1.165, 1.54) is 29.7 Å². The second-order valence-corrected chi connectivity index (χ2v) is 3.20. The van der Waals surface area contributed by atoms with E-state index in [2.05, 4.69) is 25.4 Å². The number of amides is 1. The number of aromatic carboxylic acids is 1. The summed E-state index contributed by atoms with van der Waals surface area (Å²) in [6, 6.07) is 0. The molecule has 2 aromatic heterocycles. The fourth-order valence-corrected chi connectivity index (χ4v) is 1.22. The Hall–Kier alpha value is -2.84. The maximum absolute atomic E-state index is 11.6. The van der Waals surface area contributed by atoms with Crippen molar-refractivity contribution in [3.63, 3.8) is 0 Å². The molecule has 0 aliphatic heterocycles. The van der Waals surface area contributed by atoms with E-state index in [0.29, 0.717) is 0 Å². The fourth-order valence-electron chi connectivity index (χ4n) is 1.22. The Bertz CT molecular complexity index is 567. The van der Waals surface area contributed by atoms with Gasteiger partial charge in [-0.05, 0) is 0 Å². The van der Waals surface area contributed by atoms with E-state index in [1.807, 2.05) is 0 Å². The highest BCUT2D eigenvalue weighted by molar-refractivity contribution is 5.97. The molecule has 2 N–H and O–H groups in total. The topological polar surface area (TPSA) is 123 Å². The molecule has 0 saturated carbocycles. The monoisotopic (exact) mass is 248 g/mol. The Morgan fingerprint density at radius 1 is 1.33 bits per heavy atom. The number of rotatable bonds is 4. The van der Waals surface area contributed by atoms with Crippen LogP contribution in [0.4, 0.5) is 5.82 Å². The van der Waals surface area contributed by atoms with E-state index >= 15 is 0 Å². The highest BCUT2D eigenvalue weighted by Gasteiger charge is 2.15. The van der Waals surface area contributed by atoms with Gasteiger partial charge in [0, 0.05) is 12.4 Å². The minimum absolute atomic E-state index is 0.0877. The van der Waals surface area contributed by atoms with Crippen molar-refractivity contribution in [2.75, 3.05) is 5.32 Å². The number of nitrogens with one attached hydrogen (secondary N) is 1. The van der Waals surface area contributed by atoms with Gasteiger partial charge < -0.3 is 10.4 Å². The average Bonchev–Trinajstić information content (AvgIpc) is 2.82. The summed E-state index contributed by atoms with van der Waals surface area (Å²) in [5, 5.41) is 14.9. The molecule has 0 atom stereocenters. The van der Waals surface area contributed by atoms with Gasteiger partial charge in [-0.25, -0.2) is 24.4 Å². The van der Waals surface area contributed by atoms with Crippen LogP contribution in [0.1, 0.15) is 10.5 Å². The van der Waals surface area contributed by atoms with Gasteiger partial charge in [0.2, 0.25) is 5.91 Å². The first-order valence-corrected chi connectivity index (χ1v) is 4.83. The Labute approximate surface area is 101 Å². The SMILES string of the molecule is O=C(Cn1cncn1)Nc1nccnc1C(=O)O. The predicted molar refractivity (Wildman–Crippen MR) is 57.6 cm³/mol. The summed E-state index contributed by atoms with van der Waals surface area (Å²) >= 11 is 0. The minimum atomic E-state index is -1.26. The van der Waals surface area contributed by atoms with Crippen molar-refractivity contribution in [3.05, 3.63) is 30.7 Å². The molecule has 2 aromatic rings. The Morgan fingerprint density at radius 2 is 2.11 bits per heavy atom. The second-order valence-electron chi connectivity index (χ2n) is 3.20. The summed E-state index contributed by atoms with van der Waals surface area (Å²) in [5.41, 5.74) is -0.315. The molecule has 2 rings (SSSR count). The molecule has 0 fully saturated rings. The lowest BCUT2D eigenvalue weighted by molar-refractivity contribution is -0.116. The normalized spacial score (nSPS) is 10.0. The van der Waals surface area contributed by atoms with Crippen molar-refractivity contribution in [3.8, 4) is 0 Å². The van der Waals surface area contributed by atoms with E-state index in [0.717, 1.165) is 0 Å². The maximum atomic E-state index is 11.6. The third kappa shape index (κ3) is 2.64. The van der Waals surface area contributed by atoms with Crippen LogP contribution < -0.4 is 5.32 Å². The quantitative estimate of drug-likeness (QED) is 0.740. The zero-order chi connectivity index (χ0) is 13.0. The van der Waals surface area contributed by atoms with Crippen molar-refractivity contribution < 1.29 is 14.7 Å². The fraction of sp³-hybridized carbons (Fsp3) is 0.111. The number of aromatic nitrogens is 5. The van der Waals surface area contributed by atoms with Gasteiger partial charge in [-0.2, -0.15) is 5.10 Å². The lowest BCUT2D eigenvalue weighted by atomic mass is 10.4. The van der Waals surface area contributed by atoms with E-state index in [9.17, 15) is 9.59 Å². The number of anilines is 1. The summed E-state index contributed by atoms with van der Waals surface area (Å²) in [4.78, 5) is 33.5. The Balaban J connectivity index is 2.09. The van der Waals surface area contributed by atoms with Gasteiger partial charge >= 0.3 is 5.97 Å².